The van der Waals surface area contributed by atoms with E-state index >= 15 is 0 Å². The highest BCUT2D eigenvalue weighted by atomic mass is 35.5. The van der Waals surface area contributed by atoms with Gasteiger partial charge in [0.25, 0.3) is 0 Å². The Morgan fingerprint density at radius 1 is 1.29 bits per heavy atom. The van der Waals surface area contributed by atoms with Gasteiger partial charge in [0.15, 0.2) is 5.65 Å². The molecule has 0 aliphatic carbocycles. The molecule has 0 saturated heterocycles. The second-order valence-electron chi connectivity index (χ2n) is 4.87. The standard InChI is InChI=1S/C15H14Cl2N4/c1-9-12-6-11(8-19-15(12)21(2)20-9)18-7-10-4-3-5-13(16)14(10)17/h3-6,8,18H,7H2,1-2H3. The van der Waals surface area contributed by atoms with Gasteiger partial charge >= 0.3 is 0 Å². The monoisotopic (exact) mass is 320 g/mol. The van der Waals surface area contributed by atoms with Crippen molar-refractivity contribution >= 4 is 39.9 Å². The lowest BCUT2D eigenvalue weighted by molar-refractivity contribution is 0.774. The lowest BCUT2D eigenvalue weighted by atomic mass is 10.2. The summed E-state index contributed by atoms with van der Waals surface area (Å²) in [6.45, 7) is 2.56. The van der Waals surface area contributed by atoms with Crippen LogP contribution in [0.1, 0.15) is 11.3 Å². The van der Waals surface area contributed by atoms with Crippen LogP contribution in [0.15, 0.2) is 30.5 Å². The van der Waals surface area contributed by atoms with E-state index in [4.69, 9.17) is 23.2 Å². The van der Waals surface area contributed by atoms with Gasteiger partial charge in [-0.05, 0) is 24.6 Å². The predicted molar refractivity (Wildman–Crippen MR) is 87.0 cm³/mol. The highest BCUT2D eigenvalue weighted by Gasteiger charge is 2.08. The van der Waals surface area contributed by atoms with E-state index in [0.717, 1.165) is 28.0 Å². The Bertz CT molecular complexity index is 811. The summed E-state index contributed by atoms with van der Waals surface area (Å²) in [5.41, 5.74) is 3.71. The summed E-state index contributed by atoms with van der Waals surface area (Å²) in [7, 11) is 1.89. The third kappa shape index (κ3) is 2.69. The number of aryl methyl sites for hydroxylation is 2. The minimum absolute atomic E-state index is 0.563. The summed E-state index contributed by atoms with van der Waals surface area (Å²) < 4.78 is 1.78. The Kier molecular flexibility index (Phi) is 3.74. The molecule has 0 radical (unpaired) electrons. The molecule has 0 fully saturated rings. The molecule has 2 aromatic heterocycles. The van der Waals surface area contributed by atoms with Crippen molar-refractivity contribution in [1.29, 1.82) is 0 Å². The van der Waals surface area contributed by atoms with Gasteiger partial charge in [-0.2, -0.15) is 5.10 Å². The van der Waals surface area contributed by atoms with Crippen LogP contribution in [0.5, 0.6) is 0 Å². The minimum Gasteiger partial charge on any atom is -0.380 e. The van der Waals surface area contributed by atoms with Crippen molar-refractivity contribution in [2.24, 2.45) is 7.05 Å². The highest BCUT2D eigenvalue weighted by molar-refractivity contribution is 6.42. The first-order valence-electron chi connectivity index (χ1n) is 6.52. The van der Waals surface area contributed by atoms with E-state index in [0.29, 0.717) is 16.6 Å². The lowest BCUT2D eigenvalue weighted by Gasteiger charge is -2.09. The molecule has 3 aromatic rings. The molecular weight excluding hydrogens is 307 g/mol. The highest BCUT2D eigenvalue weighted by Crippen LogP contribution is 2.26. The zero-order valence-corrected chi connectivity index (χ0v) is 13.2. The molecule has 21 heavy (non-hydrogen) atoms. The van der Waals surface area contributed by atoms with Crippen molar-refractivity contribution in [3.8, 4) is 0 Å². The molecule has 4 nitrogen and oxygen atoms in total. The van der Waals surface area contributed by atoms with Gasteiger partial charge in [-0.3, -0.25) is 4.68 Å². The summed E-state index contributed by atoms with van der Waals surface area (Å²) in [6.07, 6.45) is 1.79. The number of halogens is 2. The van der Waals surface area contributed by atoms with E-state index in [1.807, 2.05) is 32.2 Å². The number of nitrogens with zero attached hydrogens (tertiary/aromatic N) is 3. The molecule has 2 heterocycles. The lowest BCUT2D eigenvalue weighted by Crippen LogP contribution is -2.01. The van der Waals surface area contributed by atoms with Crippen molar-refractivity contribution in [3.63, 3.8) is 0 Å². The Morgan fingerprint density at radius 2 is 2.10 bits per heavy atom. The second kappa shape index (κ2) is 5.54. The number of hydrogen-bond donors (Lipinski definition) is 1. The van der Waals surface area contributed by atoms with E-state index in [9.17, 15) is 0 Å². The summed E-state index contributed by atoms with van der Waals surface area (Å²) in [5, 5.41) is 9.86. The first-order chi connectivity index (χ1) is 10.1. The maximum atomic E-state index is 6.18. The molecular formula is C15H14Cl2N4. The van der Waals surface area contributed by atoms with Crippen LogP contribution in [0.3, 0.4) is 0 Å². The van der Waals surface area contributed by atoms with Gasteiger partial charge in [0.2, 0.25) is 0 Å². The van der Waals surface area contributed by atoms with Crippen LogP contribution in [-0.4, -0.2) is 14.8 Å². The van der Waals surface area contributed by atoms with E-state index in [2.05, 4.69) is 15.4 Å². The molecule has 0 atom stereocenters. The zero-order valence-electron chi connectivity index (χ0n) is 11.7. The van der Waals surface area contributed by atoms with Crippen molar-refractivity contribution in [3.05, 3.63) is 51.8 Å². The van der Waals surface area contributed by atoms with Crippen molar-refractivity contribution in [2.75, 3.05) is 5.32 Å². The van der Waals surface area contributed by atoms with Crippen molar-refractivity contribution < 1.29 is 0 Å². The molecule has 0 amide bonds. The molecule has 0 bridgehead atoms. The van der Waals surface area contributed by atoms with Crippen LogP contribution in [0.25, 0.3) is 11.0 Å². The number of nitrogens with one attached hydrogen (secondary N) is 1. The fraction of sp³-hybridized carbons (Fsp3) is 0.200. The van der Waals surface area contributed by atoms with Crippen molar-refractivity contribution in [1.82, 2.24) is 14.8 Å². The van der Waals surface area contributed by atoms with E-state index < -0.39 is 0 Å². The maximum absolute atomic E-state index is 6.18. The smallest absolute Gasteiger partial charge is 0.157 e. The summed E-state index contributed by atoms with van der Waals surface area (Å²) in [4.78, 5) is 4.43. The molecule has 0 aliphatic heterocycles. The number of fused-ring (bicyclic) bond motifs is 1. The van der Waals surface area contributed by atoms with E-state index in [1.54, 1.807) is 16.9 Å². The maximum Gasteiger partial charge on any atom is 0.157 e. The van der Waals surface area contributed by atoms with Crippen LogP contribution < -0.4 is 5.32 Å². The first kappa shape index (κ1) is 14.2. The topological polar surface area (TPSA) is 42.7 Å². The van der Waals surface area contributed by atoms with Crippen LogP contribution in [0.2, 0.25) is 10.0 Å². The largest absolute Gasteiger partial charge is 0.380 e. The summed E-state index contributed by atoms with van der Waals surface area (Å²) >= 11 is 12.2. The second-order valence-corrected chi connectivity index (χ2v) is 5.66. The normalized spacial score (nSPS) is 11.0. The average molecular weight is 321 g/mol. The molecule has 1 N–H and O–H groups in total. The fourth-order valence-corrected chi connectivity index (χ4v) is 2.67. The molecule has 0 unspecified atom stereocenters. The number of anilines is 1. The van der Waals surface area contributed by atoms with Gasteiger partial charge in [-0.15, -0.1) is 0 Å². The zero-order chi connectivity index (χ0) is 15.0. The summed E-state index contributed by atoms with van der Waals surface area (Å²) in [6, 6.07) is 7.66. The Hall–Kier alpha value is -1.78. The number of benzene rings is 1. The Morgan fingerprint density at radius 3 is 2.90 bits per heavy atom. The summed E-state index contributed by atoms with van der Waals surface area (Å²) in [5.74, 6) is 0. The van der Waals surface area contributed by atoms with Gasteiger partial charge in [0.05, 0.1) is 27.6 Å². The van der Waals surface area contributed by atoms with Gasteiger partial charge < -0.3 is 5.32 Å². The third-order valence-corrected chi connectivity index (χ3v) is 4.24. The van der Waals surface area contributed by atoms with E-state index in [1.165, 1.54) is 0 Å². The molecule has 1 aromatic carbocycles. The number of rotatable bonds is 3. The van der Waals surface area contributed by atoms with Gasteiger partial charge in [0, 0.05) is 19.0 Å². The Balaban J connectivity index is 1.85. The average Bonchev–Trinajstić information content (AvgIpc) is 2.75. The predicted octanol–water partition coefficient (Wildman–Crippen LogP) is 4.20. The number of hydrogen-bond acceptors (Lipinski definition) is 3. The number of pyridine rings is 1. The fourth-order valence-electron chi connectivity index (χ4n) is 2.29. The minimum atomic E-state index is 0.563. The van der Waals surface area contributed by atoms with Gasteiger partial charge in [-0.1, -0.05) is 35.3 Å². The SMILES string of the molecule is Cc1nn(C)c2ncc(NCc3cccc(Cl)c3Cl)cc12. The number of aromatic nitrogens is 3. The quantitative estimate of drug-likeness (QED) is 0.786. The third-order valence-electron chi connectivity index (χ3n) is 3.38. The molecule has 0 saturated carbocycles. The molecule has 0 aliphatic rings. The molecule has 3 rings (SSSR count). The van der Waals surface area contributed by atoms with Crippen LogP contribution in [0, 0.1) is 6.92 Å². The van der Waals surface area contributed by atoms with Crippen LogP contribution in [0.4, 0.5) is 5.69 Å². The van der Waals surface area contributed by atoms with Crippen molar-refractivity contribution in [2.45, 2.75) is 13.5 Å². The van der Waals surface area contributed by atoms with Gasteiger partial charge in [-0.25, -0.2) is 4.98 Å². The molecule has 6 heteroatoms. The van der Waals surface area contributed by atoms with E-state index in [-0.39, 0.29) is 0 Å². The molecule has 108 valence electrons. The van der Waals surface area contributed by atoms with Gasteiger partial charge in [0.1, 0.15) is 0 Å². The van der Waals surface area contributed by atoms with Crippen LogP contribution >= 0.6 is 23.2 Å². The molecule has 0 spiro atoms. The Labute approximate surface area is 132 Å². The first-order valence-corrected chi connectivity index (χ1v) is 7.28. The van der Waals surface area contributed by atoms with Crippen LogP contribution in [-0.2, 0) is 13.6 Å².